The van der Waals surface area contributed by atoms with E-state index in [9.17, 15) is 28.8 Å². The molecule has 0 saturated carbocycles. The molecule has 1 aliphatic heterocycles. The Morgan fingerprint density at radius 1 is 0.705 bits per heavy atom. The van der Waals surface area contributed by atoms with Gasteiger partial charge in [0.25, 0.3) is 0 Å². The van der Waals surface area contributed by atoms with Gasteiger partial charge in [-0.2, -0.15) is 0 Å². The number of benzene rings is 1. The normalized spacial score (nSPS) is 20.9. The summed E-state index contributed by atoms with van der Waals surface area (Å²) < 4.78 is 48.7. The van der Waals surface area contributed by atoms with Crippen molar-refractivity contribution in [2.24, 2.45) is 0 Å². The number of carbonyl (C=O) groups excluding carboxylic acids is 6. The highest BCUT2D eigenvalue weighted by atomic mass is 16.7. The second-order valence-corrected chi connectivity index (χ2v) is 9.26. The van der Waals surface area contributed by atoms with E-state index in [1.807, 2.05) is 0 Å². The second-order valence-electron chi connectivity index (χ2n) is 9.26. The maximum atomic E-state index is 12.7. The molecule has 0 aromatic heterocycles. The molecule has 0 amide bonds. The summed E-state index contributed by atoms with van der Waals surface area (Å²) in [7, 11) is 0. The van der Waals surface area contributed by atoms with Crippen molar-refractivity contribution < 1.29 is 71.4 Å². The molecule has 2 rings (SSSR count). The van der Waals surface area contributed by atoms with E-state index in [0.29, 0.717) is 0 Å². The zero-order chi connectivity index (χ0) is 32.8. The summed E-state index contributed by atoms with van der Waals surface area (Å²) in [5, 5.41) is 0. The molecular weight excluding hydrogens is 588 g/mol. The molecule has 1 heterocycles. The molecule has 0 radical (unpaired) electrons. The van der Waals surface area contributed by atoms with E-state index in [1.165, 1.54) is 25.1 Å². The van der Waals surface area contributed by atoms with Crippen molar-refractivity contribution in [1.29, 1.82) is 0 Å². The van der Waals surface area contributed by atoms with Crippen molar-refractivity contribution in [3.05, 3.63) is 29.3 Å². The summed E-state index contributed by atoms with van der Waals surface area (Å²) in [4.78, 5) is 72.3. The quantitative estimate of drug-likeness (QED) is 0.156. The number of carbonyl (C=O) groups is 6. The van der Waals surface area contributed by atoms with Crippen molar-refractivity contribution in [2.45, 2.75) is 78.7 Å². The van der Waals surface area contributed by atoms with Crippen LogP contribution in [0.25, 0.3) is 0 Å². The van der Waals surface area contributed by atoms with Gasteiger partial charge >= 0.3 is 35.8 Å². The maximum absolute atomic E-state index is 12.7. The van der Waals surface area contributed by atoms with E-state index in [2.05, 4.69) is 0 Å². The number of hydrogen-bond acceptors (Lipinski definition) is 15. The third-order valence-corrected chi connectivity index (χ3v) is 5.78. The van der Waals surface area contributed by atoms with Crippen molar-refractivity contribution >= 4 is 35.8 Å². The lowest BCUT2D eigenvalue weighted by atomic mass is 9.98. The first-order chi connectivity index (χ1) is 20.9. The molecule has 0 N–H and O–H groups in total. The van der Waals surface area contributed by atoms with Crippen LogP contribution in [0, 0.1) is 0 Å². The number of rotatable bonds is 15. The van der Waals surface area contributed by atoms with E-state index < -0.39 is 73.1 Å². The smallest absolute Gasteiger partial charge is 0.342 e. The lowest BCUT2D eigenvalue weighted by Gasteiger charge is -2.44. The Bertz CT molecular complexity index is 1180. The maximum Gasteiger partial charge on any atom is 0.342 e. The zero-order valence-electron chi connectivity index (χ0n) is 25.5. The minimum Gasteiger partial charge on any atom is -0.493 e. The van der Waals surface area contributed by atoms with Gasteiger partial charge in [-0.1, -0.05) is 6.07 Å². The summed E-state index contributed by atoms with van der Waals surface area (Å²) in [6.07, 6.45) is -6.36. The van der Waals surface area contributed by atoms with Crippen molar-refractivity contribution in [3.63, 3.8) is 0 Å². The van der Waals surface area contributed by atoms with Crippen LogP contribution in [-0.2, 0) is 57.1 Å². The first-order valence-electron chi connectivity index (χ1n) is 13.9. The van der Waals surface area contributed by atoms with Gasteiger partial charge in [0, 0.05) is 34.1 Å². The number of esters is 6. The first-order valence-corrected chi connectivity index (χ1v) is 13.9. The zero-order valence-corrected chi connectivity index (χ0v) is 25.5. The van der Waals surface area contributed by atoms with Crippen LogP contribution in [0.15, 0.2) is 18.2 Å². The Morgan fingerprint density at radius 3 is 1.89 bits per heavy atom. The number of ether oxygens (including phenoxy) is 9. The summed E-state index contributed by atoms with van der Waals surface area (Å²) in [6.45, 7) is 7.46. The number of hydrogen-bond donors (Lipinski definition) is 0. The SMILES string of the molecule is CCOC(=O)c1cccc(OCCCO[C@@H]2O[C@H](COC(C)=O)[C@@H](OC(C)=O)[C@H](OC(C)=O)[C@H]2OC(C)=O)c1C(=O)OCC. The van der Waals surface area contributed by atoms with Crippen LogP contribution in [0.1, 0.15) is 68.7 Å². The lowest BCUT2D eigenvalue weighted by molar-refractivity contribution is -0.308. The topological polar surface area (TPSA) is 185 Å². The van der Waals surface area contributed by atoms with Crippen LogP contribution in [0.3, 0.4) is 0 Å². The Balaban J connectivity index is 2.22. The molecule has 0 unspecified atom stereocenters. The molecule has 1 saturated heterocycles. The lowest BCUT2D eigenvalue weighted by Crippen LogP contribution is -2.63. The molecule has 1 aliphatic rings. The van der Waals surface area contributed by atoms with Crippen LogP contribution in [-0.4, -0.2) is 99.6 Å². The average Bonchev–Trinajstić information content (AvgIpc) is 2.94. The third kappa shape index (κ3) is 10.8. The van der Waals surface area contributed by atoms with E-state index in [4.69, 9.17) is 42.6 Å². The second kappa shape index (κ2) is 17.8. The first kappa shape index (κ1) is 36.0. The van der Waals surface area contributed by atoms with Gasteiger partial charge in [-0.05, 0) is 26.0 Å². The largest absolute Gasteiger partial charge is 0.493 e. The monoisotopic (exact) mass is 626 g/mol. The Kier molecular flexibility index (Phi) is 14.5. The minimum atomic E-state index is -1.37. The summed E-state index contributed by atoms with van der Waals surface area (Å²) in [5.41, 5.74) is -0.107. The molecule has 15 heteroatoms. The van der Waals surface area contributed by atoms with E-state index in [-0.39, 0.29) is 49.7 Å². The highest BCUT2D eigenvalue weighted by Crippen LogP contribution is 2.30. The molecular formula is C29H38O15. The summed E-state index contributed by atoms with van der Waals surface area (Å²) >= 11 is 0. The van der Waals surface area contributed by atoms with Gasteiger partial charge in [0.05, 0.1) is 32.0 Å². The van der Waals surface area contributed by atoms with Gasteiger partial charge in [-0.25, -0.2) is 9.59 Å². The molecule has 15 nitrogen and oxygen atoms in total. The predicted molar refractivity (Wildman–Crippen MR) is 146 cm³/mol. The molecule has 244 valence electrons. The van der Waals surface area contributed by atoms with Gasteiger partial charge in [-0.15, -0.1) is 0 Å². The van der Waals surface area contributed by atoms with E-state index in [1.54, 1.807) is 13.8 Å². The van der Waals surface area contributed by atoms with Crippen LogP contribution in [0.2, 0.25) is 0 Å². The summed E-state index contributed by atoms with van der Waals surface area (Å²) in [6, 6.07) is 4.44. The van der Waals surface area contributed by atoms with Gasteiger partial charge < -0.3 is 42.6 Å². The van der Waals surface area contributed by atoms with E-state index in [0.717, 1.165) is 20.8 Å². The van der Waals surface area contributed by atoms with Crippen LogP contribution in [0.5, 0.6) is 5.75 Å². The fourth-order valence-corrected chi connectivity index (χ4v) is 4.21. The molecule has 0 aliphatic carbocycles. The molecule has 1 aromatic rings. The third-order valence-electron chi connectivity index (χ3n) is 5.78. The Labute approximate surface area is 254 Å². The minimum absolute atomic E-state index is 0.00996. The fourth-order valence-electron chi connectivity index (χ4n) is 4.21. The average molecular weight is 627 g/mol. The molecule has 0 spiro atoms. The van der Waals surface area contributed by atoms with Gasteiger partial charge in [0.2, 0.25) is 0 Å². The summed E-state index contributed by atoms with van der Waals surface area (Å²) in [5.74, 6) is -4.33. The van der Waals surface area contributed by atoms with Crippen LogP contribution in [0.4, 0.5) is 0 Å². The van der Waals surface area contributed by atoms with Crippen LogP contribution < -0.4 is 4.74 Å². The van der Waals surface area contributed by atoms with Crippen molar-refractivity contribution in [3.8, 4) is 5.75 Å². The molecule has 5 atom stereocenters. The molecule has 0 bridgehead atoms. The molecule has 1 aromatic carbocycles. The Hall–Kier alpha value is -4.24. The standard InChI is InChI=1S/C29H38O15/c1-7-36-27(34)20-11-9-12-21(23(20)28(35)37-8-2)38-13-10-14-39-29-26(43-19(6)33)25(42-18(5)32)24(41-17(4)31)22(44-29)15-40-16(3)30/h9,11-12,22,24-26,29H,7-8,10,13-15H2,1-6H3/t22-,24-,25+,26-,29-/m1/s1. The Morgan fingerprint density at radius 2 is 1.30 bits per heavy atom. The van der Waals surface area contributed by atoms with Crippen molar-refractivity contribution in [2.75, 3.05) is 33.0 Å². The molecule has 44 heavy (non-hydrogen) atoms. The van der Waals surface area contributed by atoms with Gasteiger partial charge in [0.15, 0.2) is 24.6 Å². The molecule has 1 fully saturated rings. The van der Waals surface area contributed by atoms with Crippen molar-refractivity contribution in [1.82, 2.24) is 0 Å². The van der Waals surface area contributed by atoms with Gasteiger partial charge in [0.1, 0.15) is 24.0 Å². The van der Waals surface area contributed by atoms with E-state index >= 15 is 0 Å². The highest BCUT2D eigenvalue weighted by molar-refractivity contribution is 6.05. The highest BCUT2D eigenvalue weighted by Gasteiger charge is 2.52. The fraction of sp³-hybridized carbons (Fsp3) is 0.586. The predicted octanol–water partition coefficient (Wildman–Crippen LogP) is 1.91. The van der Waals surface area contributed by atoms with Crippen LogP contribution >= 0.6 is 0 Å². The van der Waals surface area contributed by atoms with Gasteiger partial charge in [-0.3, -0.25) is 19.2 Å².